The van der Waals surface area contributed by atoms with Crippen molar-refractivity contribution >= 4 is 28.8 Å². The summed E-state index contributed by atoms with van der Waals surface area (Å²) in [6.45, 7) is 22.3. The third-order valence-electron chi connectivity index (χ3n) is 3.79. The summed E-state index contributed by atoms with van der Waals surface area (Å²) in [5.41, 5.74) is 2.19. The summed E-state index contributed by atoms with van der Waals surface area (Å²) in [6, 6.07) is 0. The molecule has 3 aromatic rings. The molecule has 0 aliphatic rings. The number of carboxylic acid groups (broad SMARTS) is 1. The number of hydrogen-bond acceptors (Lipinski definition) is 7. The number of fused-ring (bicyclic) bond motifs is 1. The third kappa shape index (κ3) is 5.99. The SMILES string of the molecule is CC(=O)[O-].[C-]#[N+]c1c(C(C)(C)C)n[n-]c1N=Nc1c(C(C)(C)C)nn2nc(C)[n-]c12.[Cu+2]. The van der Waals surface area contributed by atoms with E-state index in [2.05, 4.69) is 40.5 Å². The molecule has 31 heavy (non-hydrogen) atoms. The molecule has 11 nitrogen and oxygen atoms in total. The van der Waals surface area contributed by atoms with Gasteiger partial charge in [0.15, 0.2) is 0 Å². The molecule has 12 heteroatoms. The molecule has 3 rings (SSSR count). The number of rotatable bonds is 2. The normalized spacial score (nSPS) is 11.7. The van der Waals surface area contributed by atoms with Crippen LogP contribution in [-0.4, -0.2) is 25.9 Å². The van der Waals surface area contributed by atoms with E-state index in [1.54, 1.807) is 6.92 Å². The van der Waals surface area contributed by atoms with E-state index < -0.39 is 5.97 Å². The van der Waals surface area contributed by atoms with Crippen LogP contribution in [0.3, 0.4) is 0 Å². The van der Waals surface area contributed by atoms with E-state index in [9.17, 15) is 0 Å². The molecule has 0 atom stereocenters. The van der Waals surface area contributed by atoms with Gasteiger partial charge in [-0.1, -0.05) is 41.5 Å². The minimum atomic E-state index is -1.08. The molecular formula is C19H24CuN9O2-. The molecule has 0 spiro atoms. The van der Waals surface area contributed by atoms with Crippen molar-refractivity contribution in [2.24, 2.45) is 10.2 Å². The number of azo groups is 1. The molecule has 1 radical (unpaired) electrons. The van der Waals surface area contributed by atoms with Crippen LogP contribution in [0.15, 0.2) is 10.2 Å². The quantitative estimate of drug-likeness (QED) is 0.316. The van der Waals surface area contributed by atoms with Gasteiger partial charge in [0.25, 0.3) is 0 Å². The first-order valence-electron chi connectivity index (χ1n) is 9.17. The summed E-state index contributed by atoms with van der Waals surface area (Å²) in [5, 5.41) is 34.4. The Morgan fingerprint density at radius 3 is 2.13 bits per heavy atom. The molecule has 0 saturated carbocycles. The number of carbonyl (C=O) groups is 1. The standard InChI is InChI=1S/C17H21N9.C2H4O2.Cu/c1-9-19-15-11(13(17(5,6)7)25-26(15)24-9)20-22-14-10(18-8)12(21-23-14)16(2,3)4;1-2(3)4;/h1-7H3;1H3,(H,3,4);/q-2;;+2/p-1. The minimum absolute atomic E-state index is 0. The molecule has 0 aliphatic heterocycles. The van der Waals surface area contributed by atoms with E-state index in [1.165, 1.54) is 4.63 Å². The first-order valence-corrected chi connectivity index (χ1v) is 9.17. The van der Waals surface area contributed by atoms with Gasteiger partial charge in [0, 0.05) is 11.4 Å². The summed E-state index contributed by atoms with van der Waals surface area (Å²) in [5.74, 6) is -0.269. The summed E-state index contributed by atoms with van der Waals surface area (Å²) in [6.07, 6.45) is 0. The van der Waals surface area contributed by atoms with Crippen molar-refractivity contribution < 1.29 is 27.0 Å². The van der Waals surface area contributed by atoms with E-state index in [0.717, 1.165) is 12.6 Å². The fourth-order valence-electron chi connectivity index (χ4n) is 2.54. The molecule has 0 aliphatic carbocycles. The van der Waals surface area contributed by atoms with Crippen molar-refractivity contribution in [1.82, 2.24) is 30.0 Å². The van der Waals surface area contributed by atoms with E-state index in [0.29, 0.717) is 28.5 Å². The maximum absolute atomic E-state index is 8.89. The van der Waals surface area contributed by atoms with E-state index >= 15 is 0 Å². The van der Waals surface area contributed by atoms with Crippen LogP contribution in [0.5, 0.6) is 0 Å². The van der Waals surface area contributed by atoms with Gasteiger partial charge in [0.1, 0.15) is 0 Å². The molecule has 0 aromatic carbocycles. The number of aryl methyl sites for hydroxylation is 1. The molecule has 0 amide bonds. The number of aromatic nitrogens is 6. The summed E-state index contributed by atoms with van der Waals surface area (Å²) < 4.78 is 1.47. The zero-order chi connectivity index (χ0) is 22.9. The summed E-state index contributed by atoms with van der Waals surface area (Å²) in [7, 11) is 0. The van der Waals surface area contributed by atoms with Crippen LogP contribution in [0.4, 0.5) is 17.2 Å². The van der Waals surface area contributed by atoms with Crippen molar-refractivity contribution in [3.8, 4) is 0 Å². The third-order valence-corrected chi connectivity index (χ3v) is 3.79. The average molecular weight is 474 g/mol. The largest absolute Gasteiger partial charge is 2.00 e. The predicted molar refractivity (Wildman–Crippen MR) is 107 cm³/mol. The Morgan fingerprint density at radius 1 is 1.10 bits per heavy atom. The van der Waals surface area contributed by atoms with E-state index in [1.807, 2.05) is 41.5 Å². The van der Waals surface area contributed by atoms with Crippen LogP contribution < -0.4 is 15.2 Å². The number of hydrogen-bond donors (Lipinski definition) is 0. The Morgan fingerprint density at radius 2 is 1.65 bits per heavy atom. The predicted octanol–water partition coefficient (Wildman–Crippen LogP) is 2.66. The molecule has 3 aromatic heterocycles. The molecular weight excluding hydrogens is 450 g/mol. The smallest absolute Gasteiger partial charge is 0.550 e. The first-order chi connectivity index (χ1) is 13.8. The van der Waals surface area contributed by atoms with Gasteiger partial charge in [0.2, 0.25) is 5.69 Å². The van der Waals surface area contributed by atoms with Gasteiger partial charge in [-0.25, -0.2) is 9.94 Å². The second-order valence-electron chi connectivity index (χ2n) is 8.69. The van der Waals surface area contributed by atoms with Gasteiger partial charge < -0.3 is 30.2 Å². The summed E-state index contributed by atoms with van der Waals surface area (Å²) >= 11 is 0. The molecule has 0 fully saturated rings. The summed E-state index contributed by atoms with van der Waals surface area (Å²) in [4.78, 5) is 16.8. The van der Waals surface area contributed by atoms with Crippen molar-refractivity contribution in [2.45, 2.75) is 66.2 Å². The van der Waals surface area contributed by atoms with Crippen LogP contribution in [0.1, 0.15) is 65.7 Å². The Bertz CT molecular complexity index is 1130. The molecule has 0 unspecified atom stereocenters. The fourth-order valence-corrected chi connectivity index (χ4v) is 2.54. The average Bonchev–Trinajstić information content (AvgIpc) is 3.22. The number of aliphatic carboxylic acids is 1. The first kappa shape index (κ1) is 26.0. The van der Waals surface area contributed by atoms with Crippen LogP contribution in [0.2, 0.25) is 0 Å². The van der Waals surface area contributed by atoms with Gasteiger partial charge in [-0.2, -0.15) is 0 Å². The monoisotopic (exact) mass is 473 g/mol. The molecule has 0 N–H and O–H groups in total. The van der Waals surface area contributed by atoms with Gasteiger partial charge in [-0.15, -0.1) is 0 Å². The Labute approximate surface area is 191 Å². The van der Waals surface area contributed by atoms with Gasteiger partial charge in [-0.05, 0) is 30.9 Å². The number of nitrogens with zero attached hydrogens (tertiary/aromatic N) is 9. The Hall–Kier alpha value is -3.03. The van der Waals surface area contributed by atoms with E-state index in [4.69, 9.17) is 16.5 Å². The van der Waals surface area contributed by atoms with Gasteiger partial charge >= 0.3 is 17.1 Å². The van der Waals surface area contributed by atoms with Crippen molar-refractivity contribution in [2.75, 3.05) is 0 Å². The number of carboxylic acids is 1. The van der Waals surface area contributed by atoms with Crippen molar-refractivity contribution in [1.29, 1.82) is 0 Å². The van der Waals surface area contributed by atoms with Crippen LogP contribution in [0.25, 0.3) is 10.5 Å². The topological polar surface area (TPSA) is 140 Å². The maximum Gasteiger partial charge on any atom is 2.00 e. The molecule has 0 saturated heterocycles. The molecule has 3 heterocycles. The fraction of sp³-hybridized carbons (Fsp3) is 0.526. The van der Waals surface area contributed by atoms with Gasteiger partial charge in [0.05, 0.1) is 29.3 Å². The Kier molecular flexibility index (Phi) is 7.89. The second kappa shape index (κ2) is 9.41. The van der Waals surface area contributed by atoms with Gasteiger partial charge in [-0.3, -0.25) is 14.8 Å². The van der Waals surface area contributed by atoms with E-state index in [-0.39, 0.29) is 33.7 Å². The van der Waals surface area contributed by atoms with Crippen molar-refractivity contribution in [3.05, 3.63) is 28.6 Å². The Balaban J connectivity index is 0.000000885. The van der Waals surface area contributed by atoms with Crippen LogP contribution in [0, 0.1) is 13.5 Å². The maximum atomic E-state index is 8.89. The molecule has 0 bridgehead atoms. The van der Waals surface area contributed by atoms with Crippen molar-refractivity contribution in [3.63, 3.8) is 0 Å². The minimum Gasteiger partial charge on any atom is -0.550 e. The second-order valence-corrected chi connectivity index (χ2v) is 8.69. The molecule has 169 valence electrons. The number of carbonyl (C=O) groups excluding carboxylic acids is 1. The van der Waals surface area contributed by atoms with Crippen LogP contribution in [-0.2, 0) is 32.7 Å². The van der Waals surface area contributed by atoms with Crippen LogP contribution >= 0.6 is 0 Å². The zero-order valence-corrected chi connectivity index (χ0v) is 19.6. The zero-order valence-electron chi connectivity index (χ0n) is 18.6.